The summed E-state index contributed by atoms with van der Waals surface area (Å²) in [5.41, 5.74) is 2.48. The van der Waals surface area contributed by atoms with Gasteiger partial charge in [-0.15, -0.1) is 11.3 Å². The van der Waals surface area contributed by atoms with Gasteiger partial charge in [0.05, 0.1) is 12.2 Å². The number of ether oxygens (including phenoxy) is 1. The predicted molar refractivity (Wildman–Crippen MR) is 95.5 cm³/mol. The molecule has 1 N–H and O–H groups in total. The van der Waals surface area contributed by atoms with Gasteiger partial charge in [0.2, 0.25) is 0 Å². The lowest BCUT2D eigenvalue weighted by molar-refractivity contribution is 0.0527. The quantitative estimate of drug-likeness (QED) is 0.655. The number of anilines is 1. The van der Waals surface area contributed by atoms with Crippen molar-refractivity contribution in [3.63, 3.8) is 0 Å². The molecule has 2 aromatic rings. The maximum atomic E-state index is 12.7. The van der Waals surface area contributed by atoms with Crippen LogP contribution in [0.25, 0.3) is 0 Å². The first-order chi connectivity index (χ1) is 12.0. The van der Waals surface area contributed by atoms with Crippen molar-refractivity contribution in [1.29, 1.82) is 0 Å². The number of fused-ring (bicyclic) bond motifs is 1. The molecule has 0 atom stereocenters. The van der Waals surface area contributed by atoms with E-state index in [1.165, 1.54) is 11.3 Å². The molecule has 0 saturated carbocycles. The molecular formula is C18H22N2O4S. The van der Waals surface area contributed by atoms with Crippen LogP contribution in [-0.4, -0.2) is 23.6 Å². The summed E-state index contributed by atoms with van der Waals surface area (Å²) in [5.74, 6) is 0.0594. The number of esters is 1. The Kier molecular flexibility index (Phi) is 5.22. The first kappa shape index (κ1) is 17.7. The molecule has 6 nitrogen and oxygen atoms in total. The van der Waals surface area contributed by atoms with Crippen LogP contribution >= 0.6 is 11.3 Å². The summed E-state index contributed by atoms with van der Waals surface area (Å²) in [5, 5.41) is 7.32. The van der Waals surface area contributed by atoms with E-state index in [2.05, 4.69) is 10.5 Å². The van der Waals surface area contributed by atoms with Gasteiger partial charge in [0.15, 0.2) is 5.69 Å². The van der Waals surface area contributed by atoms with Crippen LogP contribution in [-0.2, 0) is 17.6 Å². The van der Waals surface area contributed by atoms with E-state index in [-0.39, 0.29) is 12.5 Å². The maximum Gasteiger partial charge on any atom is 0.341 e. The molecule has 0 spiro atoms. The van der Waals surface area contributed by atoms with Crippen molar-refractivity contribution in [2.75, 3.05) is 11.9 Å². The highest BCUT2D eigenvalue weighted by atomic mass is 32.1. The Labute approximate surface area is 150 Å². The van der Waals surface area contributed by atoms with E-state index in [1.807, 2.05) is 13.8 Å². The fourth-order valence-corrected chi connectivity index (χ4v) is 4.11. The minimum atomic E-state index is -0.418. The van der Waals surface area contributed by atoms with E-state index in [1.54, 1.807) is 6.92 Å². The average molecular weight is 362 g/mol. The fourth-order valence-electron chi connectivity index (χ4n) is 3.07. The molecule has 0 unspecified atom stereocenters. The molecule has 3 rings (SSSR count). The van der Waals surface area contributed by atoms with Gasteiger partial charge in [-0.25, -0.2) is 4.79 Å². The third kappa shape index (κ3) is 3.46. The van der Waals surface area contributed by atoms with Crippen molar-refractivity contribution in [1.82, 2.24) is 5.16 Å². The second-order valence-corrected chi connectivity index (χ2v) is 7.38. The third-order valence-corrected chi connectivity index (χ3v) is 5.63. The van der Waals surface area contributed by atoms with Crippen LogP contribution in [0.5, 0.6) is 0 Å². The van der Waals surface area contributed by atoms with Crippen molar-refractivity contribution in [2.45, 2.75) is 52.9 Å². The summed E-state index contributed by atoms with van der Waals surface area (Å²) in [6.45, 7) is 5.82. The normalized spacial score (nSPS) is 13.9. The van der Waals surface area contributed by atoms with Gasteiger partial charge in [-0.1, -0.05) is 11.6 Å². The number of nitrogens with one attached hydrogen (secondary N) is 1. The van der Waals surface area contributed by atoms with Gasteiger partial charge in [-0.3, -0.25) is 4.79 Å². The Bertz CT molecular complexity index is 806. The van der Waals surface area contributed by atoms with E-state index in [4.69, 9.17) is 9.26 Å². The van der Waals surface area contributed by atoms with Gasteiger partial charge in [0.1, 0.15) is 10.8 Å². The summed E-state index contributed by atoms with van der Waals surface area (Å²) >= 11 is 1.37. The molecule has 1 aliphatic carbocycles. The number of nitrogens with zero attached hydrogens (tertiary/aromatic N) is 1. The van der Waals surface area contributed by atoms with Crippen molar-refractivity contribution in [3.8, 4) is 0 Å². The largest absolute Gasteiger partial charge is 0.462 e. The fraction of sp³-hybridized carbons (Fsp3) is 0.500. The lowest BCUT2D eigenvalue weighted by Crippen LogP contribution is -2.16. The number of carbonyl (C=O) groups excluding carboxylic acids is 2. The zero-order valence-electron chi connectivity index (χ0n) is 14.7. The zero-order chi connectivity index (χ0) is 18.0. The van der Waals surface area contributed by atoms with Crippen LogP contribution in [0.1, 0.15) is 68.8 Å². The Morgan fingerprint density at radius 3 is 2.76 bits per heavy atom. The van der Waals surface area contributed by atoms with Crippen molar-refractivity contribution >= 4 is 28.2 Å². The Morgan fingerprint density at radius 2 is 2.00 bits per heavy atom. The molecule has 0 radical (unpaired) electrons. The van der Waals surface area contributed by atoms with Crippen LogP contribution in [0.4, 0.5) is 5.00 Å². The van der Waals surface area contributed by atoms with Crippen LogP contribution < -0.4 is 5.32 Å². The molecule has 134 valence electrons. The molecule has 0 bridgehead atoms. The molecule has 1 amide bonds. The highest BCUT2D eigenvalue weighted by molar-refractivity contribution is 7.16. The summed E-state index contributed by atoms with van der Waals surface area (Å²) in [4.78, 5) is 25.9. The number of thiophene rings is 1. The first-order valence-electron chi connectivity index (χ1n) is 8.58. The van der Waals surface area contributed by atoms with E-state index in [0.29, 0.717) is 16.3 Å². The van der Waals surface area contributed by atoms with Crippen LogP contribution in [0.15, 0.2) is 4.52 Å². The van der Waals surface area contributed by atoms with Crippen LogP contribution in [0.3, 0.4) is 0 Å². The Hall–Kier alpha value is -2.15. The molecule has 0 saturated heterocycles. The number of hydrogen-bond acceptors (Lipinski definition) is 6. The topological polar surface area (TPSA) is 81.4 Å². The van der Waals surface area contributed by atoms with Gasteiger partial charge in [-0.05, 0) is 45.6 Å². The van der Waals surface area contributed by atoms with Gasteiger partial charge in [0, 0.05) is 16.9 Å². The molecule has 1 aliphatic rings. The summed E-state index contributed by atoms with van der Waals surface area (Å²) in [6.07, 6.45) is 4.83. The minimum Gasteiger partial charge on any atom is -0.462 e. The lowest BCUT2D eigenvalue weighted by atomic mass is 10.1. The molecule has 2 aromatic heterocycles. The predicted octanol–water partition coefficient (Wildman–Crippen LogP) is 4.05. The minimum absolute atomic E-state index is 0.289. The highest BCUT2D eigenvalue weighted by Gasteiger charge is 2.26. The number of amides is 1. The number of rotatable bonds is 4. The van der Waals surface area contributed by atoms with Gasteiger partial charge >= 0.3 is 5.97 Å². The zero-order valence-corrected chi connectivity index (χ0v) is 15.5. The van der Waals surface area contributed by atoms with Gasteiger partial charge in [-0.2, -0.15) is 0 Å². The number of carbonyl (C=O) groups is 2. The second-order valence-electron chi connectivity index (χ2n) is 6.16. The summed E-state index contributed by atoms with van der Waals surface area (Å²) < 4.78 is 10.5. The van der Waals surface area contributed by atoms with E-state index in [0.717, 1.165) is 53.9 Å². The van der Waals surface area contributed by atoms with E-state index >= 15 is 0 Å². The molecular weight excluding hydrogens is 340 g/mol. The maximum absolute atomic E-state index is 12.7. The van der Waals surface area contributed by atoms with Crippen molar-refractivity contribution in [2.24, 2.45) is 0 Å². The van der Waals surface area contributed by atoms with Crippen molar-refractivity contribution in [3.05, 3.63) is 33.0 Å². The highest BCUT2D eigenvalue weighted by Crippen LogP contribution is 2.34. The standard InChI is InChI=1S/C18H22N2O4S/c1-4-23-18(22)14-10(2)11(3)25-17(14)19-16(21)15-12-8-6-5-7-9-13(12)24-20-15/h4-9H2,1-3H3,(H,19,21). The SMILES string of the molecule is CCOC(=O)c1c(NC(=O)c2noc3c2CCCCC3)sc(C)c1C. The van der Waals surface area contributed by atoms with E-state index < -0.39 is 5.97 Å². The number of aromatic nitrogens is 1. The molecule has 7 heteroatoms. The van der Waals surface area contributed by atoms with Crippen LogP contribution in [0, 0.1) is 13.8 Å². The smallest absolute Gasteiger partial charge is 0.341 e. The van der Waals surface area contributed by atoms with Gasteiger partial charge in [0.25, 0.3) is 5.91 Å². The van der Waals surface area contributed by atoms with E-state index in [9.17, 15) is 9.59 Å². The van der Waals surface area contributed by atoms with Crippen molar-refractivity contribution < 1.29 is 18.8 Å². The molecule has 0 aromatic carbocycles. The first-order valence-corrected chi connectivity index (χ1v) is 9.40. The molecule has 25 heavy (non-hydrogen) atoms. The summed E-state index contributed by atoms with van der Waals surface area (Å²) in [7, 11) is 0. The number of aryl methyl sites for hydroxylation is 2. The average Bonchev–Trinajstić information content (AvgIpc) is 2.99. The van der Waals surface area contributed by atoms with Crippen LogP contribution in [0.2, 0.25) is 0 Å². The third-order valence-electron chi connectivity index (χ3n) is 4.51. The second kappa shape index (κ2) is 7.39. The lowest BCUT2D eigenvalue weighted by Gasteiger charge is -2.06. The molecule has 0 fully saturated rings. The van der Waals surface area contributed by atoms with Gasteiger partial charge < -0.3 is 14.6 Å². The molecule has 2 heterocycles. The monoisotopic (exact) mass is 362 g/mol. The summed E-state index contributed by atoms with van der Waals surface area (Å²) in [6, 6.07) is 0. The Balaban J connectivity index is 1.88. The Morgan fingerprint density at radius 1 is 1.24 bits per heavy atom. The number of hydrogen-bond donors (Lipinski definition) is 1. The molecule has 0 aliphatic heterocycles.